The molecule has 0 aromatic carbocycles. The average molecular weight is 235 g/mol. The number of hydrogen-bond donors (Lipinski definition) is 1. The van der Waals surface area contributed by atoms with E-state index in [1.54, 1.807) is 0 Å². The zero-order valence-corrected chi connectivity index (χ0v) is 11.5. The Balaban J connectivity index is 1.39. The van der Waals surface area contributed by atoms with Gasteiger partial charge < -0.3 is 5.32 Å². The Labute approximate surface area is 107 Å². The van der Waals surface area contributed by atoms with Gasteiger partial charge in [0.15, 0.2) is 0 Å². The fourth-order valence-electron chi connectivity index (χ4n) is 4.24. The summed E-state index contributed by atoms with van der Waals surface area (Å²) in [5, 5.41) is 3.85. The zero-order valence-electron chi connectivity index (χ0n) is 11.5. The van der Waals surface area contributed by atoms with E-state index in [0.717, 1.165) is 23.3 Å². The molecule has 1 heteroatoms. The third-order valence-electron chi connectivity index (χ3n) is 5.87. The minimum absolute atomic E-state index is 0.806. The second kappa shape index (κ2) is 4.91. The summed E-state index contributed by atoms with van der Waals surface area (Å²) in [5.74, 6) is 1.99. The second-order valence-corrected chi connectivity index (χ2v) is 7.20. The molecule has 17 heavy (non-hydrogen) atoms. The second-order valence-electron chi connectivity index (χ2n) is 7.20. The van der Waals surface area contributed by atoms with Crippen LogP contribution >= 0.6 is 0 Å². The van der Waals surface area contributed by atoms with Crippen LogP contribution in [0.1, 0.15) is 71.1 Å². The Bertz CT molecular complexity index is 237. The van der Waals surface area contributed by atoms with E-state index in [4.69, 9.17) is 0 Å². The first-order chi connectivity index (χ1) is 8.27. The van der Waals surface area contributed by atoms with Gasteiger partial charge in [0.2, 0.25) is 0 Å². The van der Waals surface area contributed by atoms with Crippen LogP contribution in [0.15, 0.2) is 0 Å². The summed E-state index contributed by atoms with van der Waals surface area (Å²) < 4.78 is 0. The molecule has 0 aromatic heterocycles. The Hall–Kier alpha value is -0.0400. The van der Waals surface area contributed by atoms with E-state index >= 15 is 0 Å². The van der Waals surface area contributed by atoms with E-state index in [2.05, 4.69) is 12.2 Å². The Morgan fingerprint density at radius 3 is 2.24 bits per heavy atom. The highest BCUT2D eigenvalue weighted by molar-refractivity contribution is 4.91. The minimum atomic E-state index is 0.806. The van der Waals surface area contributed by atoms with Crippen molar-refractivity contribution >= 4 is 0 Å². The molecule has 0 radical (unpaired) electrons. The molecule has 3 aliphatic rings. The smallest absolute Gasteiger partial charge is 0.00675 e. The third-order valence-corrected chi connectivity index (χ3v) is 5.87. The SMILES string of the molecule is CC(CNC1CCC2(CCCC2)CC1)C1CC1. The van der Waals surface area contributed by atoms with Crippen molar-refractivity contribution in [3.8, 4) is 0 Å². The summed E-state index contributed by atoms with van der Waals surface area (Å²) in [5.41, 5.74) is 0.806. The highest BCUT2D eigenvalue weighted by Crippen LogP contribution is 2.48. The maximum Gasteiger partial charge on any atom is 0.00675 e. The first kappa shape index (κ1) is 12.0. The van der Waals surface area contributed by atoms with Gasteiger partial charge in [-0.2, -0.15) is 0 Å². The van der Waals surface area contributed by atoms with E-state index in [0.29, 0.717) is 0 Å². The molecule has 3 rings (SSSR count). The molecular formula is C16H29N. The highest BCUT2D eigenvalue weighted by Gasteiger charge is 2.37. The molecular weight excluding hydrogens is 206 g/mol. The molecule has 0 aromatic rings. The van der Waals surface area contributed by atoms with Crippen molar-refractivity contribution in [2.24, 2.45) is 17.3 Å². The van der Waals surface area contributed by atoms with Crippen molar-refractivity contribution in [3.05, 3.63) is 0 Å². The molecule has 98 valence electrons. The van der Waals surface area contributed by atoms with Gasteiger partial charge in [-0.05, 0) is 75.2 Å². The first-order valence-corrected chi connectivity index (χ1v) is 8.01. The van der Waals surface area contributed by atoms with Gasteiger partial charge in [-0.15, -0.1) is 0 Å². The third kappa shape index (κ3) is 2.86. The largest absolute Gasteiger partial charge is 0.314 e. The van der Waals surface area contributed by atoms with Crippen LogP contribution in [-0.2, 0) is 0 Å². The van der Waals surface area contributed by atoms with Crippen LogP contribution in [0.5, 0.6) is 0 Å². The van der Waals surface area contributed by atoms with Crippen LogP contribution < -0.4 is 5.32 Å². The molecule has 3 saturated carbocycles. The van der Waals surface area contributed by atoms with Crippen molar-refractivity contribution < 1.29 is 0 Å². The molecule has 1 unspecified atom stereocenters. The maximum atomic E-state index is 3.85. The van der Waals surface area contributed by atoms with E-state index < -0.39 is 0 Å². The van der Waals surface area contributed by atoms with Crippen LogP contribution in [0, 0.1) is 17.3 Å². The molecule has 1 atom stereocenters. The van der Waals surface area contributed by atoms with Gasteiger partial charge in [0, 0.05) is 6.04 Å². The van der Waals surface area contributed by atoms with Gasteiger partial charge in [-0.25, -0.2) is 0 Å². The van der Waals surface area contributed by atoms with Crippen molar-refractivity contribution in [2.45, 2.75) is 77.2 Å². The van der Waals surface area contributed by atoms with Gasteiger partial charge in [0.05, 0.1) is 0 Å². The Kier molecular flexibility index (Phi) is 3.47. The molecule has 0 saturated heterocycles. The molecule has 1 nitrogen and oxygen atoms in total. The molecule has 0 heterocycles. The number of rotatable bonds is 4. The average Bonchev–Trinajstić information content (AvgIpc) is 3.11. The van der Waals surface area contributed by atoms with Crippen LogP contribution in [0.25, 0.3) is 0 Å². The molecule has 1 N–H and O–H groups in total. The van der Waals surface area contributed by atoms with Gasteiger partial charge in [0.1, 0.15) is 0 Å². The zero-order chi connectivity index (χ0) is 11.7. The lowest BCUT2D eigenvalue weighted by Crippen LogP contribution is -2.38. The predicted molar refractivity (Wildman–Crippen MR) is 73.0 cm³/mol. The van der Waals surface area contributed by atoms with Gasteiger partial charge >= 0.3 is 0 Å². The predicted octanol–water partition coefficient (Wildman–Crippen LogP) is 4.13. The first-order valence-electron chi connectivity index (χ1n) is 8.01. The van der Waals surface area contributed by atoms with Crippen LogP contribution in [0.4, 0.5) is 0 Å². The lowest BCUT2D eigenvalue weighted by Gasteiger charge is -2.38. The number of hydrogen-bond acceptors (Lipinski definition) is 1. The fraction of sp³-hybridized carbons (Fsp3) is 1.00. The summed E-state index contributed by atoms with van der Waals surface area (Å²) in [6.45, 7) is 3.72. The maximum absolute atomic E-state index is 3.85. The Morgan fingerprint density at radius 1 is 1.00 bits per heavy atom. The monoisotopic (exact) mass is 235 g/mol. The molecule has 1 spiro atoms. The summed E-state index contributed by atoms with van der Waals surface area (Å²) >= 11 is 0. The quantitative estimate of drug-likeness (QED) is 0.772. The minimum Gasteiger partial charge on any atom is -0.314 e. The van der Waals surface area contributed by atoms with E-state index in [1.165, 1.54) is 70.8 Å². The van der Waals surface area contributed by atoms with E-state index in [-0.39, 0.29) is 0 Å². The lowest BCUT2D eigenvalue weighted by molar-refractivity contribution is 0.166. The molecule has 0 bridgehead atoms. The molecule has 3 aliphatic carbocycles. The normalized spacial score (nSPS) is 30.9. The van der Waals surface area contributed by atoms with Crippen molar-refractivity contribution in [2.75, 3.05) is 6.54 Å². The summed E-state index contributed by atoms with van der Waals surface area (Å²) in [6, 6.07) is 0.849. The summed E-state index contributed by atoms with van der Waals surface area (Å²) in [7, 11) is 0. The standard InChI is InChI=1S/C16H29N/c1-13(14-4-5-14)12-17-15-6-10-16(11-7-15)8-2-3-9-16/h13-15,17H,2-12H2,1H3. The Morgan fingerprint density at radius 2 is 1.65 bits per heavy atom. The van der Waals surface area contributed by atoms with E-state index in [9.17, 15) is 0 Å². The molecule has 3 fully saturated rings. The summed E-state index contributed by atoms with van der Waals surface area (Å²) in [6.07, 6.45) is 15.0. The number of nitrogens with one attached hydrogen (secondary N) is 1. The molecule has 0 aliphatic heterocycles. The van der Waals surface area contributed by atoms with Crippen molar-refractivity contribution in [1.29, 1.82) is 0 Å². The topological polar surface area (TPSA) is 12.0 Å². The highest BCUT2D eigenvalue weighted by atomic mass is 14.9. The lowest BCUT2D eigenvalue weighted by atomic mass is 9.71. The van der Waals surface area contributed by atoms with Crippen molar-refractivity contribution in [1.82, 2.24) is 5.32 Å². The van der Waals surface area contributed by atoms with Crippen LogP contribution in [-0.4, -0.2) is 12.6 Å². The fourth-order valence-corrected chi connectivity index (χ4v) is 4.24. The van der Waals surface area contributed by atoms with Gasteiger partial charge in [-0.3, -0.25) is 0 Å². The van der Waals surface area contributed by atoms with Gasteiger partial charge in [0.25, 0.3) is 0 Å². The van der Waals surface area contributed by atoms with Crippen LogP contribution in [0.2, 0.25) is 0 Å². The molecule has 0 amide bonds. The summed E-state index contributed by atoms with van der Waals surface area (Å²) in [4.78, 5) is 0. The van der Waals surface area contributed by atoms with Crippen LogP contribution in [0.3, 0.4) is 0 Å². The van der Waals surface area contributed by atoms with Gasteiger partial charge in [-0.1, -0.05) is 19.8 Å². The van der Waals surface area contributed by atoms with Crippen molar-refractivity contribution in [3.63, 3.8) is 0 Å². The van der Waals surface area contributed by atoms with E-state index in [1.807, 2.05) is 0 Å².